The molecule has 3 aliphatic rings. The van der Waals surface area contributed by atoms with Gasteiger partial charge in [0, 0.05) is 66.3 Å². The van der Waals surface area contributed by atoms with Gasteiger partial charge in [-0.2, -0.15) is 0 Å². The van der Waals surface area contributed by atoms with Crippen molar-refractivity contribution in [1.29, 1.82) is 0 Å². The summed E-state index contributed by atoms with van der Waals surface area (Å²) in [7, 11) is 0. The molecule has 0 aliphatic carbocycles. The van der Waals surface area contributed by atoms with Crippen LogP contribution >= 0.6 is 0 Å². The molecule has 40 heavy (non-hydrogen) atoms. The van der Waals surface area contributed by atoms with E-state index in [1.165, 1.54) is 40.1 Å². The third kappa shape index (κ3) is 10.1. The fourth-order valence-corrected chi connectivity index (χ4v) is 3.75. The second kappa shape index (κ2) is 14.4. The van der Waals surface area contributed by atoms with Crippen molar-refractivity contribution in [2.75, 3.05) is 79.0 Å². The SMILES string of the molecule is CC1(C)OC(=O)C(=CN2CCOCCOCCN(C=C3C(=O)OC(C)(C)OC3=O)CCOCCOCC2)C(=O)O1. The van der Waals surface area contributed by atoms with Crippen molar-refractivity contribution in [2.45, 2.75) is 39.3 Å². The normalized spacial score (nSPS) is 24.1. The van der Waals surface area contributed by atoms with E-state index in [2.05, 4.69) is 0 Å². The number of carbonyl (C=O) groups excluding carboxylic acids is 4. The van der Waals surface area contributed by atoms with Gasteiger partial charge in [-0.05, 0) is 0 Å². The first-order chi connectivity index (χ1) is 19.0. The Morgan fingerprint density at radius 1 is 0.475 bits per heavy atom. The summed E-state index contributed by atoms with van der Waals surface area (Å²) in [6.07, 6.45) is 2.81. The van der Waals surface area contributed by atoms with E-state index in [0.29, 0.717) is 79.0 Å². The van der Waals surface area contributed by atoms with Gasteiger partial charge in [0.05, 0.1) is 52.9 Å². The minimum absolute atomic E-state index is 0.203. The van der Waals surface area contributed by atoms with Crippen molar-refractivity contribution in [1.82, 2.24) is 9.80 Å². The molecule has 14 heteroatoms. The van der Waals surface area contributed by atoms with Gasteiger partial charge in [0.1, 0.15) is 0 Å². The zero-order valence-electron chi connectivity index (χ0n) is 23.4. The van der Waals surface area contributed by atoms with Crippen LogP contribution in [0.15, 0.2) is 23.5 Å². The van der Waals surface area contributed by atoms with E-state index >= 15 is 0 Å². The summed E-state index contributed by atoms with van der Waals surface area (Å²) in [5.41, 5.74) is -0.405. The van der Waals surface area contributed by atoms with Crippen LogP contribution in [0.5, 0.6) is 0 Å². The Kier molecular flexibility index (Phi) is 11.3. The summed E-state index contributed by atoms with van der Waals surface area (Å²) in [5.74, 6) is -5.65. The highest BCUT2D eigenvalue weighted by atomic mass is 16.7. The van der Waals surface area contributed by atoms with Crippen LogP contribution in [0, 0.1) is 0 Å². The molecule has 0 bridgehead atoms. The Morgan fingerprint density at radius 3 is 0.975 bits per heavy atom. The van der Waals surface area contributed by atoms with Crippen LogP contribution in [-0.2, 0) is 57.1 Å². The van der Waals surface area contributed by atoms with Gasteiger partial charge < -0.3 is 47.7 Å². The monoisotopic (exact) mass is 570 g/mol. The first-order valence-electron chi connectivity index (χ1n) is 13.1. The first kappa shape index (κ1) is 31.3. The molecule has 14 nitrogen and oxygen atoms in total. The average Bonchev–Trinajstić information content (AvgIpc) is 2.84. The van der Waals surface area contributed by atoms with Crippen LogP contribution in [0.25, 0.3) is 0 Å². The quantitative estimate of drug-likeness (QED) is 0.251. The van der Waals surface area contributed by atoms with Gasteiger partial charge in [-0.15, -0.1) is 0 Å². The molecule has 0 unspecified atom stereocenters. The molecule has 0 atom stereocenters. The number of hydrogen-bond acceptors (Lipinski definition) is 14. The molecule has 3 aliphatic heterocycles. The summed E-state index contributed by atoms with van der Waals surface area (Å²) in [6.45, 7) is 9.83. The van der Waals surface area contributed by atoms with Crippen molar-refractivity contribution in [3.8, 4) is 0 Å². The van der Waals surface area contributed by atoms with E-state index in [-0.39, 0.29) is 11.1 Å². The molecule has 3 heterocycles. The van der Waals surface area contributed by atoms with Gasteiger partial charge in [0.25, 0.3) is 11.6 Å². The number of rotatable bonds is 2. The van der Waals surface area contributed by atoms with Crippen molar-refractivity contribution < 1.29 is 57.1 Å². The van der Waals surface area contributed by atoms with E-state index in [1.807, 2.05) is 0 Å². The van der Waals surface area contributed by atoms with Crippen molar-refractivity contribution in [3.63, 3.8) is 0 Å². The highest BCUT2D eigenvalue weighted by Crippen LogP contribution is 2.24. The Hall–Kier alpha value is -3.20. The molecule has 3 fully saturated rings. The van der Waals surface area contributed by atoms with Crippen LogP contribution in [0.4, 0.5) is 0 Å². The predicted molar refractivity (Wildman–Crippen MR) is 135 cm³/mol. The molecule has 0 aromatic carbocycles. The maximum Gasteiger partial charge on any atom is 0.350 e. The first-order valence-corrected chi connectivity index (χ1v) is 13.1. The number of cyclic esters (lactones) is 4. The molecule has 224 valence electrons. The minimum Gasteiger partial charge on any atom is -0.419 e. The maximum atomic E-state index is 12.3. The van der Waals surface area contributed by atoms with Crippen molar-refractivity contribution in [3.05, 3.63) is 23.5 Å². The minimum atomic E-state index is -1.32. The molecule has 0 aromatic heterocycles. The topological polar surface area (TPSA) is 149 Å². The number of hydrogen-bond donors (Lipinski definition) is 0. The number of ether oxygens (including phenoxy) is 8. The zero-order valence-corrected chi connectivity index (χ0v) is 23.4. The lowest BCUT2D eigenvalue weighted by molar-refractivity contribution is -0.224. The fourth-order valence-electron chi connectivity index (χ4n) is 3.75. The highest BCUT2D eigenvalue weighted by molar-refractivity contribution is 6.15. The highest BCUT2D eigenvalue weighted by Gasteiger charge is 2.40. The standard InChI is InChI=1S/C26H38N2O12/c1-25(2)37-21(29)19(22(30)38-25)17-27-5-9-33-13-15-35-11-7-28(8-12-36-16-14-34-10-6-27)18-20-23(31)39-26(3,4)40-24(20)32/h17-18H,5-16H2,1-4H3. The second-order valence-electron chi connectivity index (χ2n) is 9.96. The van der Waals surface area contributed by atoms with Crippen LogP contribution in [-0.4, -0.2) is 124 Å². The van der Waals surface area contributed by atoms with Crippen LogP contribution in [0.2, 0.25) is 0 Å². The maximum absolute atomic E-state index is 12.3. The molecule has 0 radical (unpaired) electrons. The molecular weight excluding hydrogens is 532 g/mol. The molecule has 0 saturated carbocycles. The van der Waals surface area contributed by atoms with E-state index in [9.17, 15) is 19.2 Å². The van der Waals surface area contributed by atoms with Gasteiger partial charge in [-0.1, -0.05) is 0 Å². The molecule has 3 rings (SSSR count). The summed E-state index contributed by atoms with van der Waals surface area (Å²) in [5, 5.41) is 0. The predicted octanol–water partition coefficient (Wildman–Crippen LogP) is 0.110. The second-order valence-corrected chi connectivity index (χ2v) is 9.96. The molecule has 0 aromatic rings. The summed E-state index contributed by atoms with van der Waals surface area (Å²) in [6, 6.07) is 0. The molecule has 0 N–H and O–H groups in total. The molecule has 0 spiro atoms. The van der Waals surface area contributed by atoms with Gasteiger partial charge in [-0.25, -0.2) is 19.2 Å². The average molecular weight is 571 g/mol. The van der Waals surface area contributed by atoms with Crippen LogP contribution < -0.4 is 0 Å². The summed E-state index contributed by atoms with van der Waals surface area (Å²) in [4.78, 5) is 52.7. The molecular formula is C26H38N2O12. The van der Waals surface area contributed by atoms with Crippen LogP contribution in [0.3, 0.4) is 0 Å². The third-order valence-corrected chi connectivity index (χ3v) is 5.69. The summed E-state index contributed by atoms with van der Waals surface area (Å²) >= 11 is 0. The van der Waals surface area contributed by atoms with Crippen molar-refractivity contribution >= 4 is 23.9 Å². The van der Waals surface area contributed by atoms with E-state index < -0.39 is 35.5 Å². The Balaban J connectivity index is 1.54. The Morgan fingerprint density at radius 2 is 0.725 bits per heavy atom. The summed E-state index contributed by atoms with van der Waals surface area (Å²) < 4.78 is 43.2. The smallest absolute Gasteiger partial charge is 0.350 e. The fraction of sp³-hybridized carbons (Fsp3) is 0.692. The lowest BCUT2D eigenvalue weighted by Gasteiger charge is -2.31. The third-order valence-electron chi connectivity index (χ3n) is 5.69. The van der Waals surface area contributed by atoms with Crippen molar-refractivity contribution in [2.24, 2.45) is 0 Å². The van der Waals surface area contributed by atoms with Gasteiger partial charge >= 0.3 is 23.9 Å². The largest absolute Gasteiger partial charge is 0.419 e. The number of carbonyl (C=O) groups is 4. The van der Waals surface area contributed by atoms with E-state index in [0.717, 1.165) is 0 Å². The molecule has 3 saturated heterocycles. The van der Waals surface area contributed by atoms with E-state index in [4.69, 9.17) is 37.9 Å². The lowest BCUT2D eigenvalue weighted by Crippen LogP contribution is -2.42. The van der Waals surface area contributed by atoms with Gasteiger partial charge in [-0.3, -0.25) is 0 Å². The van der Waals surface area contributed by atoms with Crippen LogP contribution in [0.1, 0.15) is 27.7 Å². The van der Waals surface area contributed by atoms with Gasteiger partial charge in [0.2, 0.25) is 0 Å². The Bertz CT molecular complexity index is 848. The lowest BCUT2D eigenvalue weighted by atomic mass is 10.2. The Labute approximate surface area is 233 Å². The van der Waals surface area contributed by atoms with Gasteiger partial charge in [0.15, 0.2) is 11.1 Å². The molecule has 0 amide bonds. The zero-order chi connectivity index (χ0) is 29.2. The van der Waals surface area contributed by atoms with E-state index in [1.54, 1.807) is 9.80 Å². The number of nitrogens with zero attached hydrogens (tertiary/aromatic N) is 2. The number of esters is 4.